The van der Waals surface area contributed by atoms with E-state index >= 15 is 0 Å². The van der Waals surface area contributed by atoms with Gasteiger partial charge in [0.15, 0.2) is 17.6 Å². The lowest BCUT2D eigenvalue weighted by molar-refractivity contribution is -0.152. The van der Waals surface area contributed by atoms with Crippen molar-refractivity contribution >= 4 is 29.2 Å². The maximum atomic E-state index is 12.0. The van der Waals surface area contributed by atoms with E-state index in [4.69, 9.17) is 42.1 Å². The van der Waals surface area contributed by atoms with E-state index in [0.717, 1.165) is 0 Å². The van der Waals surface area contributed by atoms with Gasteiger partial charge in [0.2, 0.25) is 6.79 Å². The van der Waals surface area contributed by atoms with Crippen LogP contribution in [-0.4, -0.2) is 18.9 Å². The van der Waals surface area contributed by atoms with Crippen molar-refractivity contribution < 1.29 is 23.7 Å². The summed E-state index contributed by atoms with van der Waals surface area (Å²) >= 11 is 11.9. The number of ether oxygens (including phenoxy) is 4. The lowest BCUT2D eigenvalue weighted by atomic mass is 10.2. The Hall–Kier alpha value is -2.11. The number of halogens is 2. The van der Waals surface area contributed by atoms with E-state index in [1.54, 1.807) is 43.3 Å². The van der Waals surface area contributed by atoms with Crippen molar-refractivity contribution in [3.05, 3.63) is 52.0 Å². The molecule has 126 valence electrons. The van der Waals surface area contributed by atoms with Gasteiger partial charge in [-0.25, -0.2) is 4.79 Å². The summed E-state index contributed by atoms with van der Waals surface area (Å²) in [6, 6.07) is 10.1. The molecule has 0 N–H and O–H groups in total. The molecule has 0 spiro atoms. The first-order valence-corrected chi connectivity index (χ1v) is 7.95. The second-order valence-corrected chi connectivity index (χ2v) is 5.98. The van der Waals surface area contributed by atoms with Crippen LogP contribution in [0.25, 0.3) is 0 Å². The molecule has 5 nitrogen and oxygen atoms in total. The van der Waals surface area contributed by atoms with Crippen molar-refractivity contribution in [2.24, 2.45) is 0 Å². The van der Waals surface area contributed by atoms with E-state index in [2.05, 4.69) is 0 Å². The van der Waals surface area contributed by atoms with Crippen LogP contribution in [0.1, 0.15) is 12.5 Å². The molecule has 3 rings (SSSR count). The Morgan fingerprint density at radius 2 is 1.96 bits per heavy atom. The number of rotatable bonds is 5. The van der Waals surface area contributed by atoms with Crippen LogP contribution >= 0.6 is 23.2 Å². The standard InChI is InChI=1S/C17H14Cl2O5/c1-10(24-13-4-2-12(18)3-5-13)17(20)21-8-11-6-14(19)16-15(7-11)22-9-23-16/h2-7,10H,8-9H2,1H3/t10-/m0/s1. The summed E-state index contributed by atoms with van der Waals surface area (Å²) in [4.78, 5) is 12.0. The number of hydrogen-bond acceptors (Lipinski definition) is 5. The largest absolute Gasteiger partial charge is 0.479 e. The average Bonchev–Trinajstić information content (AvgIpc) is 3.04. The molecule has 0 saturated carbocycles. The summed E-state index contributed by atoms with van der Waals surface area (Å²) in [6.07, 6.45) is -0.754. The molecule has 1 aliphatic heterocycles. The smallest absolute Gasteiger partial charge is 0.347 e. The molecule has 2 aromatic rings. The third kappa shape index (κ3) is 3.86. The predicted molar refractivity (Wildman–Crippen MR) is 88.9 cm³/mol. The fourth-order valence-corrected chi connectivity index (χ4v) is 2.56. The normalized spacial score (nSPS) is 13.5. The highest BCUT2D eigenvalue weighted by Gasteiger charge is 2.20. The van der Waals surface area contributed by atoms with Crippen molar-refractivity contribution in [1.29, 1.82) is 0 Å². The molecule has 7 heteroatoms. The van der Waals surface area contributed by atoms with E-state index in [-0.39, 0.29) is 13.4 Å². The van der Waals surface area contributed by atoms with Gasteiger partial charge in [0.25, 0.3) is 0 Å². The second kappa shape index (κ2) is 7.20. The topological polar surface area (TPSA) is 54.0 Å². The summed E-state index contributed by atoms with van der Waals surface area (Å²) in [6.45, 7) is 1.80. The van der Waals surface area contributed by atoms with E-state index in [1.165, 1.54) is 0 Å². The van der Waals surface area contributed by atoms with Crippen LogP contribution in [-0.2, 0) is 16.1 Å². The van der Waals surface area contributed by atoms with Crippen LogP contribution in [0.4, 0.5) is 0 Å². The third-order valence-corrected chi connectivity index (χ3v) is 3.86. The van der Waals surface area contributed by atoms with E-state index in [1.807, 2.05) is 0 Å². The number of carbonyl (C=O) groups excluding carboxylic acids is 1. The van der Waals surface area contributed by atoms with Crippen LogP contribution in [0, 0.1) is 0 Å². The Morgan fingerprint density at radius 3 is 2.71 bits per heavy atom. The maximum absolute atomic E-state index is 12.0. The number of carbonyl (C=O) groups is 1. The lowest BCUT2D eigenvalue weighted by Crippen LogP contribution is -2.26. The maximum Gasteiger partial charge on any atom is 0.347 e. The molecule has 1 atom stereocenters. The molecular weight excluding hydrogens is 355 g/mol. The highest BCUT2D eigenvalue weighted by atomic mass is 35.5. The number of esters is 1. The fraction of sp³-hybridized carbons (Fsp3) is 0.235. The van der Waals surface area contributed by atoms with E-state index in [0.29, 0.717) is 32.9 Å². The summed E-state index contributed by atoms with van der Waals surface area (Å²) in [7, 11) is 0. The van der Waals surface area contributed by atoms with E-state index < -0.39 is 12.1 Å². The molecule has 1 aliphatic rings. The molecule has 2 aromatic carbocycles. The zero-order valence-corrected chi connectivity index (χ0v) is 14.3. The molecular formula is C17H14Cl2O5. The predicted octanol–water partition coefficient (Wildman–Crippen LogP) is 4.23. The minimum Gasteiger partial charge on any atom is -0.479 e. The van der Waals surface area contributed by atoms with Gasteiger partial charge in [0.1, 0.15) is 12.4 Å². The Kier molecular flexibility index (Phi) is 5.02. The van der Waals surface area contributed by atoms with Gasteiger partial charge in [0, 0.05) is 5.02 Å². The minimum atomic E-state index is -0.754. The minimum absolute atomic E-state index is 0.0590. The highest BCUT2D eigenvalue weighted by Crippen LogP contribution is 2.39. The van der Waals surface area contributed by atoms with Gasteiger partial charge in [-0.2, -0.15) is 0 Å². The van der Waals surface area contributed by atoms with E-state index in [9.17, 15) is 4.79 Å². The fourth-order valence-electron chi connectivity index (χ4n) is 2.14. The monoisotopic (exact) mass is 368 g/mol. The molecule has 0 fully saturated rings. The van der Waals surface area contributed by atoms with Crippen molar-refractivity contribution in [1.82, 2.24) is 0 Å². The van der Waals surface area contributed by atoms with Gasteiger partial charge in [0.05, 0.1) is 5.02 Å². The first-order chi connectivity index (χ1) is 11.5. The summed E-state index contributed by atoms with van der Waals surface area (Å²) in [5, 5.41) is 1.01. The van der Waals surface area contributed by atoms with Gasteiger partial charge in [-0.15, -0.1) is 0 Å². The van der Waals surface area contributed by atoms with Crippen LogP contribution in [0.3, 0.4) is 0 Å². The first kappa shape index (κ1) is 16.7. The Labute approximate surface area is 149 Å². The zero-order valence-electron chi connectivity index (χ0n) is 12.8. The van der Waals surface area contributed by atoms with Gasteiger partial charge in [-0.05, 0) is 48.9 Å². The molecule has 0 aliphatic carbocycles. The van der Waals surface area contributed by atoms with Crippen molar-refractivity contribution in [2.45, 2.75) is 19.6 Å². The van der Waals surface area contributed by atoms with Crippen molar-refractivity contribution in [3.8, 4) is 17.2 Å². The molecule has 0 amide bonds. The van der Waals surface area contributed by atoms with Crippen molar-refractivity contribution in [2.75, 3.05) is 6.79 Å². The van der Waals surface area contributed by atoms with Crippen molar-refractivity contribution in [3.63, 3.8) is 0 Å². The Morgan fingerprint density at radius 1 is 1.21 bits per heavy atom. The van der Waals surface area contributed by atoms with Crippen LogP contribution < -0.4 is 14.2 Å². The number of fused-ring (bicyclic) bond motifs is 1. The molecule has 0 bridgehead atoms. The van der Waals surface area contributed by atoms with Gasteiger partial charge in [-0.1, -0.05) is 23.2 Å². The van der Waals surface area contributed by atoms with Gasteiger partial charge < -0.3 is 18.9 Å². The quantitative estimate of drug-likeness (QED) is 0.739. The summed E-state index contributed by atoms with van der Waals surface area (Å²) < 4.78 is 21.3. The Balaban J connectivity index is 1.57. The molecule has 0 saturated heterocycles. The summed E-state index contributed by atoms with van der Waals surface area (Å²) in [5.74, 6) is 1.10. The highest BCUT2D eigenvalue weighted by molar-refractivity contribution is 6.32. The Bertz CT molecular complexity index is 745. The summed E-state index contributed by atoms with van der Waals surface area (Å²) in [5.41, 5.74) is 0.705. The molecule has 24 heavy (non-hydrogen) atoms. The molecule has 0 radical (unpaired) electrons. The third-order valence-electron chi connectivity index (χ3n) is 3.33. The number of hydrogen-bond donors (Lipinski definition) is 0. The second-order valence-electron chi connectivity index (χ2n) is 5.13. The van der Waals surface area contributed by atoms with Gasteiger partial charge >= 0.3 is 5.97 Å². The van der Waals surface area contributed by atoms with Crippen LogP contribution in [0.15, 0.2) is 36.4 Å². The average molecular weight is 369 g/mol. The zero-order chi connectivity index (χ0) is 17.1. The van der Waals surface area contributed by atoms with Crippen LogP contribution in [0.5, 0.6) is 17.2 Å². The SMILES string of the molecule is C[C@H](Oc1ccc(Cl)cc1)C(=O)OCc1cc(Cl)c2c(c1)OCO2. The molecule has 0 aromatic heterocycles. The number of benzene rings is 2. The lowest BCUT2D eigenvalue weighted by Gasteiger charge is -2.14. The first-order valence-electron chi connectivity index (χ1n) is 7.20. The van der Waals surface area contributed by atoms with Gasteiger partial charge in [-0.3, -0.25) is 0 Å². The molecule has 0 unspecified atom stereocenters. The molecule has 1 heterocycles. The van der Waals surface area contributed by atoms with Crippen LogP contribution in [0.2, 0.25) is 10.0 Å².